The molecular weight excluding hydrogens is 472 g/mol. The zero-order valence-electron chi connectivity index (χ0n) is 21.1. The molecule has 3 aromatic rings. The van der Waals surface area contributed by atoms with Gasteiger partial charge in [-0.05, 0) is 52.8 Å². The number of carbonyl (C=O) groups excluding carboxylic acids is 2. The van der Waals surface area contributed by atoms with Gasteiger partial charge in [0.1, 0.15) is 18.4 Å². The number of methoxy groups -OCH3 is 1. The first kappa shape index (κ1) is 25.8. The highest BCUT2D eigenvalue weighted by molar-refractivity contribution is 5.96. The van der Waals surface area contributed by atoms with E-state index in [-0.39, 0.29) is 24.9 Å². The molecule has 0 saturated carbocycles. The fraction of sp³-hybridized carbons (Fsp3) is 0.276. The summed E-state index contributed by atoms with van der Waals surface area (Å²) in [6, 6.07) is 20.1. The van der Waals surface area contributed by atoms with Crippen LogP contribution in [0, 0.1) is 0 Å². The number of hydrogen-bond acceptors (Lipinski definition) is 5. The summed E-state index contributed by atoms with van der Waals surface area (Å²) in [7, 11) is 4.44. The lowest BCUT2D eigenvalue weighted by Gasteiger charge is -2.25. The minimum absolute atomic E-state index is 0.112. The molecule has 0 heterocycles. The molecule has 8 heteroatoms. The number of fused-ring (bicyclic) bond motifs is 3. The normalized spacial score (nSPS) is 12.7. The van der Waals surface area contributed by atoms with Crippen molar-refractivity contribution in [1.29, 1.82) is 0 Å². The molecule has 0 aromatic heterocycles. The number of likely N-dealkylation sites (N-methyl/N-ethyl adjacent to an activating group) is 1. The standard InChI is InChI=1S/C29H30N2O6/c1-30-27(32)23-14-12-18(16-26(23)36-3)13-15-25(28(33)34)31(2)29(35)37-17-24-21-10-6-4-8-19(21)20-9-5-7-11-22(20)24/h4-12,14,16,24-25H,13,15,17H2,1-3H3,(H,30,32)(H,33,34)/t25-/m0/s1. The van der Waals surface area contributed by atoms with E-state index in [0.29, 0.717) is 17.7 Å². The Morgan fingerprint density at radius 2 is 1.62 bits per heavy atom. The molecule has 37 heavy (non-hydrogen) atoms. The molecule has 1 aliphatic carbocycles. The zero-order chi connectivity index (χ0) is 26.5. The smallest absolute Gasteiger partial charge is 0.410 e. The lowest BCUT2D eigenvalue weighted by molar-refractivity contribution is -0.142. The van der Waals surface area contributed by atoms with Crippen LogP contribution in [0.15, 0.2) is 66.7 Å². The first-order chi connectivity index (χ1) is 17.8. The van der Waals surface area contributed by atoms with Crippen LogP contribution in [0.3, 0.4) is 0 Å². The summed E-state index contributed by atoms with van der Waals surface area (Å²) in [6.45, 7) is 0.113. The van der Waals surface area contributed by atoms with E-state index in [1.165, 1.54) is 21.2 Å². The Labute approximate surface area is 215 Å². The maximum Gasteiger partial charge on any atom is 0.410 e. The molecule has 0 fully saturated rings. The largest absolute Gasteiger partial charge is 0.496 e. The average molecular weight is 503 g/mol. The Balaban J connectivity index is 1.42. The third kappa shape index (κ3) is 5.28. The highest BCUT2D eigenvalue weighted by Gasteiger charge is 2.32. The summed E-state index contributed by atoms with van der Waals surface area (Å²) in [5.74, 6) is -1.11. The molecule has 0 spiro atoms. The fourth-order valence-corrected chi connectivity index (χ4v) is 4.82. The van der Waals surface area contributed by atoms with E-state index in [9.17, 15) is 19.5 Å². The molecule has 2 amide bonds. The van der Waals surface area contributed by atoms with Crippen LogP contribution in [0.4, 0.5) is 4.79 Å². The maximum absolute atomic E-state index is 12.9. The third-order valence-electron chi connectivity index (χ3n) is 6.82. The van der Waals surface area contributed by atoms with Crippen molar-refractivity contribution >= 4 is 18.0 Å². The third-order valence-corrected chi connectivity index (χ3v) is 6.82. The number of ether oxygens (including phenoxy) is 2. The van der Waals surface area contributed by atoms with Gasteiger partial charge in [-0.25, -0.2) is 9.59 Å². The number of benzene rings is 3. The predicted octanol–water partition coefficient (Wildman–Crippen LogP) is 4.32. The Bertz CT molecular complexity index is 1280. The molecule has 2 N–H and O–H groups in total. The van der Waals surface area contributed by atoms with Gasteiger partial charge in [0.2, 0.25) is 0 Å². The van der Waals surface area contributed by atoms with Gasteiger partial charge < -0.3 is 19.9 Å². The van der Waals surface area contributed by atoms with Gasteiger partial charge in [0.15, 0.2) is 0 Å². The number of rotatable bonds is 9. The minimum Gasteiger partial charge on any atom is -0.496 e. The monoisotopic (exact) mass is 502 g/mol. The van der Waals surface area contributed by atoms with E-state index in [1.54, 1.807) is 18.2 Å². The van der Waals surface area contributed by atoms with Crippen LogP contribution in [0.5, 0.6) is 5.75 Å². The lowest BCUT2D eigenvalue weighted by Crippen LogP contribution is -2.43. The number of aryl methyl sites for hydroxylation is 1. The van der Waals surface area contributed by atoms with E-state index in [4.69, 9.17) is 9.47 Å². The van der Waals surface area contributed by atoms with Gasteiger partial charge in [0.05, 0.1) is 12.7 Å². The van der Waals surface area contributed by atoms with Gasteiger partial charge in [-0.1, -0.05) is 54.6 Å². The summed E-state index contributed by atoms with van der Waals surface area (Å²) in [5.41, 5.74) is 5.59. The molecule has 0 aliphatic heterocycles. The van der Waals surface area contributed by atoms with Crippen molar-refractivity contribution in [3.63, 3.8) is 0 Å². The Kier molecular flexibility index (Phi) is 7.77. The van der Waals surface area contributed by atoms with Crippen molar-refractivity contribution in [2.45, 2.75) is 24.8 Å². The molecule has 1 atom stereocenters. The van der Waals surface area contributed by atoms with Crippen molar-refractivity contribution in [2.75, 3.05) is 27.8 Å². The molecule has 192 valence electrons. The molecule has 8 nitrogen and oxygen atoms in total. The predicted molar refractivity (Wildman–Crippen MR) is 139 cm³/mol. The molecule has 0 radical (unpaired) electrons. The topological polar surface area (TPSA) is 105 Å². The number of amides is 2. The maximum atomic E-state index is 12.9. The summed E-state index contributed by atoms with van der Waals surface area (Å²) in [5, 5.41) is 12.4. The van der Waals surface area contributed by atoms with Gasteiger partial charge >= 0.3 is 12.1 Å². The first-order valence-corrected chi connectivity index (χ1v) is 12.0. The van der Waals surface area contributed by atoms with E-state index in [0.717, 1.165) is 32.7 Å². The highest BCUT2D eigenvalue weighted by atomic mass is 16.6. The Morgan fingerprint density at radius 3 is 2.19 bits per heavy atom. The van der Waals surface area contributed by atoms with E-state index in [2.05, 4.69) is 17.4 Å². The Hall–Kier alpha value is -4.33. The van der Waals surface area contributed by atoms with Gasteiger partial charge in [-0.3, -0.25) is 9.69 Å². The van der Waals surface area contributed by atoms with Crippen molar-refractivity contribution in [3.05, 3.63) is 89.0 Å². The quantitative estimate of drug-likeness (QED) is 0.452. The number of carboxylic acids is 1. The van der Waals surface area contributed by atoms with E-state index >= 15 is 0 Å². The second kappa shape index (κ2) is 11.2. The van der Waals surface area contributed by atoms with Crippen molar-refractivity contribution in [3.8, 4) is 16.9 Å². The first-order valence-electron chi connectivity index (χ1n) is 12.0. The van der Waals surface area contributed by atoms with E-state index in [1.807, 2.05) is 36.4 Å². The lowest BCUT2D eigenvalue weighted by atomic mass is 9.98. The number of aliphatic carboxylic acids is 1. The molecule has 0 bridgehead atoms. The number of carboxylic acid groups (broad SMARTS) is 1. The molecule has 4 rings (SSSR count). The van der Waals surface area contributed by atoms with E-state index < -0.39 is 18.1 Å². The number of hydrogen-bond donors (Lipinski definition) is 2. The summed E-state index contributed by atoms with van der Waals surface area (Å²) < 4.78 is 11.0. The number of nitrogens with one attached hydrogen (secondary N) is 1. The second-order valence-electron chi connectivity index (χ2n) is 8.92. The SMILES string of the molecule is CNC(=O)c1ccc(CC[C@@H](C(=O)O)N(C)C(=O)OCC2c3ccccc3-c3ccccc32)cc1OC. The van der Waals surface area contributed by atoms with Crippen LogP contribution < -0.4 is 10.1 Å². The second-order valence-corrected chi connectivity index (χ2v) is 8.92. The molecule has 3 aromatic carbocycles. The highest BCUT2D eigenvalue weighted by Crippen LogP contribution is 2.44. The van der Waals surface area contributed by atoms with Crippen LogP contribution in [-0.4, -0.2) is 61.8 Å². The van der Waals surface area contributed by atoms with Gasteiger partial charge in [0.25, 0.3) is 5.91 Å². The van der Waals surface area contributed by atoms with Gasteiger partial charge in [-0.15, -0.1) is 0 Å². The fourth-order valence-electron chi connectivity index (χ4n) is 4.82. The van der Waals surface area contributed by atoms with Crippen LogP contribution in [0.25, 0.3) is 11.1 Å². The summed E-state index contributed by atoms with van der Waals surface area (Å²) in [4.78, 5) is 38.1. The molecular formula is C29H30N2O6. The zero-order valence-corrected chi connectivity index (χ0v) is 21.1. The van der Waals surface area contributed by atoms with Gasteiger partial charge in [0, 0.05) is 20.0 Å². The number of nitrogens with zero attached hydrogens (tertiary/aromatic N) is 1. The van der Waals surface area contributed by atoms with Crippen LogP contribution >= 0.6 is 0 Å². The van der Waals surface area contributed by atoms with Crippen molar-refractivity contribution < 1.29 is 29.0 Å². The molecule has 0 unspecified atom stereocenters. The van der Waals surface area contributed by atoms with Crippen LogP contribution in [-0.2, 0) is 16.0 Å². The van der Waals surface area contributed by atoms with Gasteiger partial charge in [-0.2, -0.15) is 0 Å². The minimum atomic E-state index is -1.12. The number of carbonyl (C=O) groups is 3. The average Bonchev–Trinajstić information content (AvgIpc) is 3.24. The Morgan fingerprint density at radius 1 is 1.00 bits per heavy atom. The summed E-state index contributed by atoms with van der Waals surface area (Å²) in [6.07, 6.45) is -0.164. The molecule has 1 aliphatic rings. The van der Waals surface area contributed by atoms with Crippen LogP contribution in [0.2, 0.25) is 0 Å². The molecule has 0 saturated heterocycles. The van der Waals surface area contributed by atoms with Crippen molar-refractivity contribution in [1.82, 2.24) is 10.2 Å². The van der Waals surface area contributed by atoms with Crippen LogP contribution in [0.1, 0.15) is 39.4 Å². The van der Waals surface area contributed by atoms with Crippen molar-refractivity contribution in [2.24, 2.45) is 0 Å². The summed E-state index contributed by atoms with van der Waals surface area (Å²) >= 11 is 0.